The van der Waals surface area contributed by atoms with Crippen LogP contribution in [0.3, 0.4) is 0 Å². The summed E-state index contributed by atoms with van der Waals surface area (Å²) in [6.07, 6.45) is 3.42. The van der Waals surface area contributed by atoms with Gasteiger partial charge in [0.25, 0.3) is 0 Å². The van der Waals surface area contributed by atoms with E-state index in [2.05, 4.69) is 5.16 Å². The van der Waals surface area contributed by atoms with Crippen molar-refractivity contribution in [1.29, 1.82) is 0 Å². The van der Waals surface area contributed by atoms with Gasteiger partial charge in [-0.05, 0) is 6.07 Å². The van der Waals surface area contributed by atoms with E-state index in [-0.39, 0.29) is 11.6 Å². The lowest BCUT2D eigenvalue weighted by Gasteiger charge is -2.06. The topological polar surface area (TPSA) is 79.0 Å². The van der Waals surface area contributed by atoms with E-state index in [1.807, 2.05) is 24.3 Å². The highest BCUT2D eigenvalue weighted by Gasteiger charge is 2.12. The van der Waals surface area contributed by atoms with Gasteiger partial charge in [-0.1, -0.05) is 23.4 Å². The molecule has 0 aliphatic carbocycles. The number of benzene rings is 1. The summed E-state index contributed by atoms with van der Waals surface area (Å²) in [5, 5.41) is 3.89. The van der Waals surface area contributed by atoms with Gasteiger partial charge in [0.05, 0.1) is 5.69 Å². The van der Waals surface area contributed by atoms with Crippen molar-refractivity contribution in [2.75, 3.05) is 5.73 Å². The molecule has 0 bridgehead atoms. The fourth-order valence-corrected chi connectivity index (χ4v) is 1.96. The van der Waals surface area contributed by atoms with Crippen LogP contribution in [0, 0.1) is 0 Å². The molecule has 2 aromatic heterocycles. The van der Waals surface area contributed by atoms with Gasteiger partial charge in [0, 0.05) is 31.1 Å². The number of hydrogen-bond donors (Lipinski definition) is 1. The normalized spacial score (nSPS) is 10.8. The Balaban J connectivity index is 2.23. The van der Waals surface area contributed by atoms with Gasteiger partial charge >= 0.3 is 5.69 Å². The molecule has 0 radical (unpaired) electrons. The summed E-state index contributed by atoms with van der Waals surface area (Å²) in [7, 11) is 1.70. The van der Waals surface area contributed by atoms with Crippen molar-refractivity contribution in [3.8, 4) is 16.9 Å². The van der Waals surface area contributed by atoms with E-state index in [0.29, 0.717) is 5.69 Å². The van der Waals surface area contributed by atoms with Crippen LogP contribution in [-0.4, -0.2) is 14.3 Å². The molecule has 2 heterocycles. The van der Waals surface area contributed by atoms with Crippen LogP contribution in [0.5, 0.6) is 0 Å². The Bertz CT molecular complexity index is 782. The Morgan fingerprint density at radius 2 is 2.05 bits per heavy atom. The van der Waals surface area contributed by atoms with Crippen LogP contribution < -0.4 is 11.4 Å². The summed E-state index contributed by atoms with van der Waals surface area (Å²) in [6, 6.07) is 9.08. The summed E-state index contributed by atoms with van der Waals surface area (Å²) < 4.78 is 7.94. The molecule has 19 heavy (non-hydrogen) atoms. The van der Waals surface area contributed by atoms with E-state index < -0.39 is 0 Å². The molecule has 0 aliphatic heterocycles. The van der Waals surface area contributed by atoms with Crippen LogP contribution in [0.1, 0.15) is 0 Å². The molecule has 6 heteroatoms. The first-order valence-electron chi connectivity index (χ1n) is 5.73. The molecule has 0 aliphatic rings. The van der Waals surface area contributed by atoms with Crippen molar-refractivity contribution in [2.45, 2.75) is 0 Å². The van der Waals surface area contributed by atoms with Gasteiger partial charge in [-0.15, -0.1) is 0 Å². The summed E-state index contributed by atoms with van der Waals surface area (Å²) in [6.45, 7) is 0. The number of imidazole rings is 1. The van der Waals surface area contributed by atoms with Gasteiger partial charge in [0.15, 0.2) is 0 Å². The number of anilines is 1. The molecule has 2 N–H and O–H groups in total. The van der Waals surface area contributed by atoms with E-state index in [4.69, 9.17) is 10.3 Å². The van der Waals surface area contributed by atoms with E-state index in [1.165, 1.54) is 4.57 Å². The summed E-state index contributed by atoms with van der Waals surface area (Å²) in [4.78, 5) is 12.0. The number of hydrogen-bond acceptors (Lipinski definition) is 4. The first-order chi connectivity index (χ1) is 9.16. The van der Waals surface area contributed by atoms with Crippen molar-refractivity contribution in [2.24, 2.45) is 7.05 Å². The second kappa shape index (κ2) is 4.16. The van der Waals surface area contributed by atoms with Crippen LogP contribution in [0.2, 0.25) is 0 Å². The molecule has 0 fully saturated rings. The molecule has 0 unspecified atom stereocenters. The van der Waals surface area contributed by atoms with E-state index in [9.17, 15) is 4.79 Å². The molecule has 1 aromatic carbocycles. The zero-order chi connectivity index (χ0) is 13.4. The lowest BCUT2D eigenvalue weighted by atomic mass is 10.1. The second-order valence-electron chi connectivity index (χ2n) is 4.19. The predicted molar refractivity (Wildman–Crippen MR) is 70.9 cm³/mol. The van der Waals surface area contributed by atoms with Gasteiger partial charge < -0.3 is 14.8 Å². The Kier molecular flexibility index (Phi) is 2.49. The summed E-state index contributed by atoms with van der Waals surface area (Å²) in [5.41, 5.74) is 7.54. The number of nitrogens with two attached hydrogens (primary N) is 1. The molecule has 0 amide bonds. The number of nitrogens with zero attached hydrogens (tertiary/aromatic N) is 3. The third kappa shape index (κ3) is 1.83. The third-order valence-electron chi connectivity index (χ3n) is 2.92. The van der Waals surface area contributed by atoms with E-state index in [1.54, 1.807) is 30.1 Å². The zero-order valence-corrected chi connectivity index (χ0v) is 10.3. The molecule has 0 saturated carbocycles. The van der Waals surface area contributed by atoms with Gasteiger partial charge in [-0.25, -0.2) is 4.79 Å². The summed E-state index contributed by atoms with van der Waals surface area (Å²) in [5.74, 6) is 0.241. The molecule has 6 nitrogen and oxygen atoms in total. The lowest BCUT2D eigenvalue weighted by Crippen LogP contribution is -2.20. The molecule has 3 aromatic rings. The second-order valence-corrected chi connectivity index (χ2v) is 4.19. The molecule has 0 spiro atoms. The fraction of sp³-hybridized carbons (Fsp3) is 0.0769. The first kappa shape index (κ1) is 11.3. The maximum absolute atomic E-state index is 12.0. The highest BCUT2D eigenvalue weighted by molar-refractivity contribution is 5.71. The first-order valence-corrected chi connectivity index (χ1v) is 5.73. The Labute approximate surface area is 108 Å². The van der Waals surface area contributed by atoms with Crippen molar-refractivity contribution in [3.05, 3.63) is 53.2 Å². The summed E-state index contributed by atoms with van der Waals surface area (Å²) >= 11 is 0. The van der Waals surface area contributed by atoms with Crippen LogP contribution in [0.15, 0.2) is 52.0 Å². The minimum Gasteiger partial charge on any atom is -0.368 e. The van der Waals surface area contributed by atoms with Gasteiger partial charge in [0.2, 0.25) is 5.88 Å². The van der Waals surface area contributed by atoms with Crippen LogP contribution in [0.25, 0.3) is 16.9 Å². The van der Waals surface area contributed by atoms with Crippen LogP contribution in [-0.2, 0) is 7.05 Å². The molecular formula is C13H12N4O2. The number of aromatic nitrogens is 3. The minimum absolute atomic E-state index is 0.121. The van der Waals surface area contributed by atoms with Gasteiger partial charge in [-0.3, -0.25) is 4.57 Å². The van der Waals surface area contributed by atoms with E-state index >= 15 is 0 Å². The highest BCUT2D eigenvalue weighted by Crippen LogP contribution is 2.26. The van der Waals surface area contributed by atoms with Crippen molar-refractivity contribution >= 4 is 5.88 Å². The average Bonchev–Trinajstić information content (AvgIpc) is 2.98. The molecule has 3 rings (SSSR count). The maximum atomic E-state index is 12.0. The third-order valence-corrected chi connectivity index (χ3v) is 2.92. The monoisotopic (exact) mass is 256 g/mol. The van der Waals surface area contributed by atoms with Crippen molar-refractivity contribution in [1.82, 2.24) is 14.3 Å². The Hall–Kier alpha value is -2.76. The van der Waals surface area contributed by atoms with Crippen LogP contribution in [0.4, 0.5) is 5.88 Å². The standard InChI is InChI=1S/C13H12N4O2/c1-16-6-7-17(13(16)18)11-5-3-2-4-9(11)10-8-12(14)19-15-10/h2-8H,14H2,1H3. The molecular weight excluding hydrogens is 244 g/mol. The average molecular weight is 256 g/mol. The quantitative estimate of drug-likeness (QED) is 0.752. The van der Waals surface area contributed by atoms with E-state index in [0.717, 1.165) is 11.3 Å². The van der Waals surface area contributed by atoms with Crippen molar-refractivity contribution in [3.63, 3.8) is 0 Å². The van der Waals surface area contributed by atoms with Gasteiger partial charge in [-0.2, -0.15) is 0 Å². The number of nitrogen functional groups attached to an aromatic ring is 1. The molecule has 96 valence electrons. The smallest absolute Gasteiger partial charge is 0.332 e. The minimum atomic E-state index is -0.121. The fourth-order valence-electron chi connectivity index (χ4n) is 1.96. The van der Waals surface area contributed by atoms with Crippen LogP contribution >= 0.6 is 0 Å². The number of para-hydroxylation sites is 1. The molecule has 0 saturated heterocycles. The zero-order valence-electron chi connectivity index (χ0n) is 10.3. The highest BCUT2D eigenvalue weighted by atomic mass is 16.5. The Morgan fingerprint density at radius 1 is 1.26 bits per heavy atom. The SMILES string of the molecule is Cn1ccn(-c2ccccc2-c2cc(N)on2)c1=O. The largest absolute Gasteiger partial charge is 0.368 e. The van der Waals surface area contributed by atoms with Crippen molar-refractivity contribution < 1.29 is 4.52 Å². The maximum Gasteiger partial charge on any atom is 0.332 e. The predicted octanol–water partition coefficient (Wildman–Crippen LogP) is 1.41. The Morgan fingerprint density at radius 3 is 2.68 bits per heavy atom. The molecule has 0 atom stereocenters. The number of rotatable bonds is 2. The number of aryl methyl sites for hydroxylation is 1. The van der Waals surface area contributed by atoms with Gasteiger partial charge in [0.1, 0.15) is 5.69 Å². The lowest BCUT2D eigenvalue weighted by molar-refractivity contribution is 0.439.